The fourth-order valence-electron chi connectivity index (χ4n) is 2.92. The Morgan fingerprint density at radius 2 is 1.55 bits per heavy atom. The highest BCUT2D eigenvalue weighted by Gasteiger charge is 2.23. The highest BCUT2D eigenvalue weighted by atomic mass is 15.0. The Balaban J connectivity index is 0.000000847. The van der Waals surface area contributed by atoms with E-state index in [1.54, 1.807) is 0 Å². The van der Waals surface area contributed by atoms with Crippen LogP contribution in [0.5, 0.6) is 0 Å². The van der Waals surface area contributed by atoms with E-state index in [-0.39, 0.29) is 0 Å². The SMILES string of the molecule is C=C1N[C@H](Cc2ccc(-c3ccccc3)cc2)CC1C.CC. The van der Waals surface area contributed by atoms with Crippen LogP contribution in [0, 0.1) is 5.92 Å². The number of allylic oxidation sites excluding steroid dienone is 1. The Morgan fingerprint density at radius 1 is 0.955 bits per heavy atom. The second kappa shape index (κ2) is 7.84. The third-order valence-electron chi connectivity index (χ3n) is 4.17. The molecule has 22 heavy (non-hydrogen) atoms. The monoisotopic (exact) mass is 293 g/mol. The van der Waals surface area contributed by atoms with Gasteiger partial charge in [0.25, 0.3) is 0 Å². The van der Waals surface area contributed by atoms with Crippen LogP contribution in [0.3, 0.4) is 0 Å². The lowest BCUT2D eigenvalue weighted by molar-refractivity contribution is 0.581. The summed E-state index contributed by atoms with van der Waals surface area (Å²) in [7, 11) is 0. The van der Waals surface area contributed by atoms with Crippen molar-refractivity contribution in [2.24, 2.45) is 5.92 Å². The first-order valence-corrected chi connectivity index (χ1v) is 8.32. The molecule has 2 aromatic rings. The Bertz CT molecular complexity index is 583. The van der Waals surface area contributed by atoms with Crippen LogP contribution in [0.15, 0.2) is 66.9 Å². The number of nitrogens with one attached hydrogen (secondary N) is 1. The van der Waals surface area contributed by atoms with Crippen molar-refractivity contribution in [3.8, 4) is 11.1 Å². The molecule has 1 aliphatic heterocycles. The van der Waals surface area contributed by atoms with Gasteiger partial charge >= 0.3 is 0 Å². The lowest BCUT2D eigenvalue weighted by atomic mass is 9.98. The predicted molar refractivity (Wildman–Crippen MR) is 96.8 cm³/mol. The minimum Gasteiger partial charge on any atom is -0.386 e. The van der Waals surface area contributed by atoms with Crippen molar-refractivity contribution in [2.75, 3.05) is 0 Å². The van der Waals surface area contributed by atoms with E-state index in [9.17, 15) is 0 Å². The van der Waals surface area contributed by atoms with Crippen LogP contribution in [-0.4, -0.2) is 6.04 Å². The topological polar surface area (TPSA) is 12.0 Å². The Kier molecular flexibility index (Phi) is 5.83. The highest BCUT2D eigenvalue weighted by molar-refractivity contribution is 5.63. The van der Waals surface area contributed by atoms with Crippen LogP contribution in [-0.2, 0) is 6.42 Å². The molecule has 1 nitrogen and oxygen atoms in total. The van der Waals surface area contributed by atoms with Gasteiger partial charge < -0.3 is 5.32 Å². The van der Waals surface area contributed by atoms with Gasteiger partial charge in [-0.15, -0.1) is 0 Å². The first kappa shape index (κ1) is 16.4. The number of rotatable bonds is 3. The van der Waals surface area contributed by atoms with Gasteiger partial charge in [-0.1, -0.05) is 81.9 Å². The summed E-state index contributed by atoms with van der Waals surface area (Å²) < 4.78 is 0. The molecule has 2 atom stereocenters. The molecule has 2 aromatic carbocycles. The summed E-state index contributed by atoms with van der Waals surface area (Å²) in [5.74, 6) is 0.601. The molecule has 0 saturated carbocycles. The first-order valence-electron chi connectivity index (χ1n) is 8.32. The van der Waals surface area contributed by atoms with Gasteiger partial charge in [-0.05, 0) is 35.4 Å². The molecule has 0 bridgehead atoms. The van der Waals surface area contributed by atoms with Crippen molar-refractivity contribution in [3.63, 3.8) is 0 Å². The molecule has 1 heteroatoms. The minimum absolute atomic E-state index is 0.542. The number of hydrogen-bond acceptors (Lipinski definition) is 1. The smallest absolute Gasteiger partial charge is 0.0304 e. The minimum atomic E-state index is 0.542. The standard InChI is InChI=1S/C19H21N.C2H6/c1-14-12-19(20-15(14)2)13-16-8-10-18(11-9-16)17-6-4-3-5-7-17;1-2/h3-11,14,19-20H,2,12-13H2,1H3;1-2H3/t14?,19-;/m0./s1. The summed E-state index contributed by atoms with van der Waals surface area (Å²) in [4.78, 5) is 0. The van der Waals surface area contributed by atoms with E-state index in [4.69, 9.17) is 0 Å². The van der Waals surface area contributed by atoms with E-state index < -0.39 is 0 Å². The molecular formula is C21H27N. The van der Waals surface area contributed by atoms with Crippen LogP contribution in [0.25, 0.3) is 11.1 Å². The molecule has 1 aliphatic rings. The second-order valence-corrected chi connectivity index (χ2v) is 5.77. The van der Waals surface area contributed by atoms with Crippen LogP contribution in [0.2, 0.25) is 0 Å². The van der Waals surface area contributed by atoms with Gasteiger partial charge in [0.2, 0.25) is 0 Å². The second-order valence-electron chi connectivity index (χ2n) is 5.77. The molecule has 1 unspecified atom stereocenters. The maximum atomic E-state index is 4.07. The van der Waals surface area contributed by atoms with Gasteiger partial charge in [-0.3, -0.25) is 0 Å². The highest BCUT2D eigenvalue weighted by Crippen LogP contribution is 2.25. The van der Waals surface area contributed by atoms with E-state index in [0.717, 1.165) is 6.42 Å². The molecule has 116 valence electrons. The average molecular weight is 293 g/mol. The summed E-state index contributed by atoms with van der Waals surface area (Å²) in [6.45, 7) is 10.3. The van der Waals surface area contributed by atoms with Gasteiger partial charge in [0.1, 0.15) is 0 Å². The fraction of sp³-hybridized carbons (Fsp3) is 0.333. The van der Waals surface area contributed by atoms with Gasteiger partial charge in [-0.2, -0.15) is 0 Å². The Hall–Kier alpha value is -2.02. The molecular weight excluding hydrogens is 266 g/mol. The lowest BCUT2D eigenvalue weighted by Crippen LogP contribution is -2.22. The van der Waals surface area contributed by atoms with E-state index in [0.29, 0.717) is 12.0 Å². The molecule has 1 saturated heterocycles. The van der Waals surface area contributed by atoms with E-state index in [1.165, 1.54) is 28.8 Å². The van der Waals surface area contributed by atoms with Crippen LogP contribution in [0.4, 0.5) is 0 Å². The molecule has 0 aromatic heterocycles. The van der Waals surface area contributed by atoms with Gasteiger partial charge in [0.15, 0.2) is 0 Å². The van der Waals surface area contributed by atoms with Crippen LogP contribution >= 0.6 is 0 Å². The maximum absolute atomic E-state index is 4.07. The van der Waals surface area contributed by atoms with Crippen molar-refractivity contribution in [2.45, 2.75) is 39.7 Å². The van der Waals surface area contributed by atoms with Gasteiger partial charge in [0.05, 0.1) is 0 Å². The quantitative estimate of drug-likeness (QED) is 0.795. The summed E-state index contributed by atoms with van der Waals surface area (Å²) in [6, 6.07) is 20.0. The largest absolute Gasteiger partial charge is 0.386 e. The van der Waals surface area contributed by atoms with Gasteiger partial charge in [0, 0.05) is 11.7 Å². The van der Waals surface area contributed by atoms with Crippen molar-refractivity contribution >= 4 is 0 Å². The van der Waals surface area contributed by atoms with Crippen LogP contribution < -0.4 is 5.32 Å². The van der Waals surface area contributed by atoms with Gasteiger partial charge in [-0.25, -0.2) is 0 Å². The zero-order valence-corrected chi connectivity index (χ0v) is 14.0. The van der Waals surface area contributed by atoms with Crippen molar-refractivity contribution in [1.29, 1.82) is 0 Å². The van der Waals surface area contributed by atoms with Crippen LogP contribution in [0.1, 0.15) is 32.8 Å². The normalized spacial score (nSPS) is 20.0. The summed E-state index contributed by atoms with van der Waals surface area (Å²) in [6.07, 6.45) is 2.28. The van der Waals surface area contributed by atoms with Crippen molar-refractivity contribution in [1.82, 2.24) is 5.32 Å². The third-order valence-corrected chi connectivity index (χ3v) is 4.17. The molecule has 0 radical (unpaired) electrons. The van der Waals surface area contributed by atoms with E-state index in [2.05, 4.69) is 73.4 Å². The summed E-state index contributed by atoms with van der Waals surface area (Å²) >= 11 is 0. The zero-order valence-electron chi connectivity index (χ0n) is 14.0. The van der Waals surface area contributed by atoms with Crippen molar-refractivity contribution < 1.29 is 0 Å². The first-order chi connectivity index (χ1) is 10.7. The third kappa shape index (κ3) is 4.00. The Morgan fingerprint density at radius 3 is 2.09 bits per heavy atom. The van der Waals surface area contributed by atoms with E-state index in [1.807, 2.05) is 13.8 Å². The summed E-state index contributed by atoms with van der Waals surface area (Å²) in [5, 5.41) is 3.50. The zero-order chi connectivity index (χ0) is 15.9. The molecule has 1 fully saturated rings. The Labute approximate surface area is 135 Å². The van der Waals surface area contributed by atoms with E-state index >= 15 is 0 Å². The molecule has 3 rings (SSSR count). The number of hydrogen-bond donors (Lipinski definition) is 1. The average Bonchev–Trinajstić information content (AvgIpc) is 2.89. The molecule has 0 spiro atoms. The molecule has 0 amide bonds. The fourth-order valence-corrected chi connectivity index (χ4v) is 2.92. The molecule has 0 aliphatic carbocycles. The molecule has 1 heterocycles. The molecule has 1 N–H and O–H groups in total. The lowest BCUT2D eigenvalue weighted by Gasteiger charge is -2.11. The maximum Gasteiger partial charge on any atom is 0.0304 e. The number of benzene rings is 2. The van der Waals surface area contributed by atoms with Crippen molar-refractivity contribution in [3.05, 3.63) is 72.4 Å². The summed E-state index contributed by atoms with van der Waals surface area (Å²) in [5.41, 5.74) is 5.14. The predicted octanol–water partition coefficient (Wildman–Crippen LogP) is 5.43.